The third-order valence-corrected chi connectivity index (χ3v) is 6.12. The summed E-state index contributed by atoms with van der Waals surface area (Å²) in [5, 5.41) is 6.36. The Balaban J connectivity index is 1.52. The van der Waals surface area contributed by atoms with Gasteiger partial charge in [-0.25, -0.2) is 4.98 Å². The molecule has 1 N–H and O–H groups in total. The number of thiazole rings is 1. The summed E-state index contributed by atoms with van der Waals surface area (Å²) in [4.78, 5) is 5.75. The quantitative estimate of drug-likeness (QED) is 0.377. The molecular formula is C20H23ClN2S2. The zero-order chi connectivity index (χ0) is 17.5. The van der Waals surface area contributed by atoms with Crippen molar-refractivity contribution in [1.82, 2.24) is 4.98 Å². The number of halogens is 1. The minimum Gasteiger partial charge on any atom is -0.332 e. The van der Waals surface area contributed by atoms with E-state index in [4.69, 9.17) is 11.6 Å². The Kier molecular flexibility index (Phi) is 6.91. The Bertz CT molecular complexity index is 777. The highest BCUT2D eigenvalue weighted by Gasteiger charge is 2.07. The number of unbranched alkanes of at least 4 members (excludes halogenated alkanes) is 4. The topological polar surface area (TPSA) is 24.9 Å². The van der Waals surface area contributed by atoms with Gasteiger partial charge in [0, 0.05) is 11.1 Å². The van der Waals surface area contributed by atoms with Gasteiger partial charge >= 0.3 is 0 Å². The molecule has 0 aliphatic heterocycles. The highest BCUT2D eigenvalue weighted by molar-refractivity contribution is 7.20. The van der Waals surface area contributed by atoms with Crippen molar-refractivity contribution in [3.63, 3.8) is 0 Å². The standard InChI is InChI=1S/C20H23ClN2S2/c1-2-3-4-5-6-7-15-8-10-16(11-9-15)22-20-23-17(14-24-20)18-12-13-19(21)25-18/h8-14H,2-7H2,1H3,(H,22,23). The molecule has 0 atom stereocenters. The summed E-state index contributed by atoms with van der Waals surface area (Å²) in [5.41, 5.74) is 3.48. The molecule has 0 aliphatic carbocycles. The summed E-state index contributed by atoms with van der Waals surface area (Å²) in [6.45, 7) is 2.26. The number of anilines is 2. The van der Waals surface area contributed by atoms with E-state index in [0.717, 1.165) is 25.7 Å². The molecule has 0 radical (unpaired) electrons. The number of hydrogen-bond donors (Lipinski definition) is 1. The monoisotopic (exact) mass is 390 g/mol. The van der Waals surface area contributed by atoms with Gasteiger partial charge in [-0.05, 0) is 42.7 Å². The molecule has 0 amide bonds. The van der Waals surface area contributed by atoms with Crippen LogP contribution in [0.5, 0.6) is 0 Å². The molecule has 25 heavy (non-hydrogen) atoms. The average molecular weight is 391 g/mol. The number of nitrogens with zero attached hydrogens (tertiary/aromatic N) is 1. The van der Waals surface area contributed by atoms with E-state index in [1.165, 1.54) is 44.1 Å². The van der Waals surface area contributed by atoms with Crippen LogP contribution >= 0.6 is 34.3 Å². The van der Waals surface area contributed by atoms with E-state index >= 15 is 0 Å². The van der Waals surface area contributed by atoms with Crippen molar-refractivity contribution < 1.29 is 0 Å². The third kappa shape index (κ3) is 5.56. The largest absolute Gasteiger partial charge is 0.332 e. The fourth-order valence-electron chi connectivity index (χ4n) is 2.71. The fourth-order valence-corrected chi connectivity index (χ4v) is 4.52. The number of hydrogen-bond acceptors (Lipinski definition) is 4. The second-order valence-corrected chi connectivity index (χ2v) is 8.70. The molecule has 0 bridgehead atoms. The molecule has 0 spiro atoms. The Morgan fingerprint density at radius 3 is 2.52 bits per heavy atom. The maximum absolute atomic E-state index is 6.00. The Labute approximate surface area is 162 Å². The van der Waals surface area contributed by atoms with Crippen molar-refractivity contribution in [2.45, 2.75) is 45.4 Å². The van der Waals surface area contributed by atoms with E-state index in [1.54, 1.807) is 22.7 Å². The summed E-state index contributed by atoms with van der Waals surface area (Å²) in [7, 11) is 0. The molecule has 0 saturated heterocycles. The fraction of sp³-hybridized carbons (Fsp3) is 0.350. The predicted octanol–water partition coefficient (Wildman–Crippen LogP) is 7.78. The van der Waals surface area contributed by atoms with E-state index in [9.17, 15) is 0 Å². The maximum atomic E-state index is 6.00. The van der Waals surface area contributed by atoms with Gasteiger partial charge in [-0.15, -0.1) is 22.7 Å². The first-order valence-corrected chi connectivity index (χ1v) is 10.9. The highest BCUT2D eigenvalue weighted by Crippen LogP contribution is 2.33. The second-order valence-electron chi connectivity index (χ2n) is 6.13. The number of thiophene rings is 1. The molecule has 2 nitrogen and oxygen atoms in total. The van der Waals surface area contributed by atoms with E-state index in [0.29, 0.717) is 0 Å². The Morgan fingerprint density at radius 1 is 1.00 bits per heavy atom. The van der Waals surface area contributed by atoms with Crippen molar-refractivity contribution in [2.24, 2.45) is 0 Å². The number of rotatable bonds is 9. The van der Waals surface area contributed by atoms with Gasteiger partial charge in [0.25, 0.3) is 0 Å². The zero-order valence-electron chi connectivity index (χ0n) is 14.4. The van der Waals surface area contributed by atoms with Crippen LogP contribution in [0, 0.1) is 0 Å². The normalized spacial score (nSPS) is 11.0. The molecule has 0 aliphatic rings. The molecule has 5 heteroatoms. The first-order valence-electron chi connectivity index (χ1n) is 8.82. The van der Waals surface area contributed by atoms with Crippen LogP contribution in [-0.2, 0) is 6.42 Å². The smallest absolute Gasteiger partial charge is 0.187 e. The van der Waals surface area contributed by atoms with Crippen molar-refractivity contribution in [3.05, 3.63) is 51.7 Å². The zero-order valence-corrected chi connectivity index (χ0v) is 16.8. The Hall–Kier alpha value is -1.36. The molecule has 1 aromatic carbocycles. The Morgan fingerprint density at radius 2 is 1.80 bits per heavy atom. The van der Waals surface area contributed by atoms with Crippen LogP contribution in [0.1, 0.15) is 44.6 Å². The molecule has 2 aromatic heterocycles. The van der Waals surface area contributed by atoms with Gasteiger partial charge in [0.15, 0.2) is 5.13 Å². The summed E-state index contributed by atoms with van der Waals surface area (Å²) in [6, 6.07) is 12.6. The third-order valence-electron chi connectivity index (χ3n) is 4.10. The van der Waals surface area contributed by atoms with Crippen molar-refractivity contribution in [2.75, 3.05) is 5.32 Å². The lowest BCUT2D eigenvalue weighted by atomic mass is 10.1. The van der Waals surface area contributed by atoms with Crippen molar-refractivity contribution in [1.29, 1.82) is 0 Å². The van der Waals surface area contributed by atoms with Crippen LogP contribution in [0.3, 0.4) is 0 Å². The van der Waals surface area contributed by atoms with Crippen LogP contribution in [0.4, 0.5) is 10.8 Å². The molecule has 0 saturated carbocycles. The lowest BCUT2D eigenvalue weighted by molar-refractivity contribution is 0.632. The minimum absolute atomic E-state index is 0.794. The minimum atomic E-state index is 0.794. The van der Waals surface area contributed by atoms with Crippen LogP contribution < -0.4 is 5.32 Å². The van der Waals surface area contributed by atoms with Gasteiger partial charge in [0.2, 0.25) is 0 Å². The predicted molar refractivity (Wildman–Crippen MR) is 113 cm³/mol. The summed E-state index contributed by atoms with van der Waals surface area (Å²) in [5.74, 6) is 0. The average Bonchev–Trinajstić information content (AvgIpc) is 3.25. The van der Waals surface area contributed by atoms with E-state index in [2.05, 4.69) is 46.9 Å². The van der Waals surface area contributed by atoms with Gasteiger partial charge < -0.3 is 5.32 Å². The van der Waals surface area contributed by atoms with E-state index in [1.807, 2.05) is 12.1 Å². The molecular weight excluding hydrogens is 368 g/mol. The molecule has 0 unspecified atom stereocenters. The SMILES string of the molecule is CCCCCCCc1ccc(Nc2nc(-c3ccc(Cl)s3)cs2)cc1. The lowest BCUT2D eigenvalue weighted by Crippen LogP contribution is -1.91. The number of aryl methyl sites for hydroxylation is 1. The summed E-state index contributed by atoms with van der Waals surface area (Å²) >= 11 is 9.17. The van der Waals surface area contributed by atoms with E-state index < -0.39 is 0 Å². The van der Waals surface area contributed by atoms with Gasteiger partial charge in [0.05, 0.1) is 14.9 Å². The first kappa shape index (κ1) is 18.4. The van der Waals surface area contributed by atoms with Gasteiger partial charge in [-0.3, -0.25) is 0 Å². The molecule has 3 rings (SSSR count). The van der Waals surface area contributed by atoms with E-state index in [-0.39, 0.29) is 0 Å². The van der Waals surface area contributed by atoms with Gasteiger partial charge in [0.1, 0.15) is 0 Å². The summed E-state index contributed by atoms with van der Waals surface area (Å²) < 4.78 is 0.794. The van der Waals surface area contributed by atoms with Crippen LogP contribution in [-0.4, -0.2) is 4.98 Å². The number of aromatic nitrogens is 1. The van der Waals surface area contributed by atoms with Gasteiger partial charge in [-0.2, -0.15) is 0 Å². The van der Waals surface area contributed by atoms with Crippen molar-refractivity contribution in [3.8, 4) is 10.6 Å². The van der Waals surface area contributed by atoms with Crippen LogP contribution in [0.2, 0.25) is 4.34 Å². The first-order chi connectivity index (χ1) is 12.2. The summed E-state index contributed by atoms with van der Waals surface area (Å²) in [6.07, 6.45) is 7.81. The van der Waals surface area contributed by atoms with Gasteiger partial charge in [-0.1, -0.05) is 56.3 Å². The van der Waals surface area contributed by atoms with Crippen molar-refractivity contribution >= 4 is 45.1 Å². The van der Waals surface area contributed by atoms with Crippen LogP contribution in [0.25, 0.3) is 10.6 Å². The lowest BCUT2D eigenvalue weighted by Gasteiger charge is -2.05. The number of benzene rings is 1. The number of nitrogens with one attached hydrogen (secondary N) is 1. The molecule has 3 aromatic rings. The molecule has 2 heterocycles. The highest BCUT2D eigenvalue weighted by atomic mass is 35.5. The molecule has 132 valence electrons. The molecule has 0 fully saturated rings. The second kappa shape index (κ2) is 9.37. The maximum Gasteiger partial charge on any atom is 0.187 e. The van der Waals surface area contributed by atoms with Crippen LogP contribution in [0.15, 0.2) is 41.8 Å².